The molecule has 0 aromatic heterocycles. The van der Waals surface area contributed by atoms with Gasteiger partial charge < -0.3 is 0 Å². The molecule has 0 saturated carbocycles. The number of benzene rings is 1. The van der Waals surface area contributed by atoms with Crippen molar-refractivity contribution in [1.29, 1.82) is 0 Å². The number of aryl methyl sites for hydroxylation is 1. The number of alkyl halides is 1. The Morgan fingerprint density at radius 2 is 1.82 bits per heavy atom. The van der Waals surface area contributed by atoms with Gasteiger partial charge in [0, 0.05) is 17.9 Å². The SMILES string of the molecule is Cc1ccc(C(CCl)CCCS(C)(=O)=O)cc1. The Morgan fingerprint density at radius 1 is 1.24 bits per heavy atom. The van der Waals surface area contributed by atoms with Crippen LogP contribution in [0.1, 0.15) is 29.9 Å². The molecule has 0 aliphatic rings. The van der Waals surface area contributed by atoms with E-state index in [1.807, 2.05) is 6.92 Å². The molecule has 1 unspecified atom stereocenters. The summed E-state index contributed by atoms with van der Waals surface area (Å²) in [5.41, 5.74) is 2.41. The Morgan fingerprint density at radius 3 is 2.29 bits per heavy atom. The highest BCUT2D eigenvalue weighted by atomic mass is 35.5. The largest absolute Gasteiger partial charge is 0.229 e. The first-order valence-corrected chi connectivity index (χ1v) is 8.32. The zero-order valence-corrected chi connectivity index (χ0v) is 11.9. The van der Waals surface area contributed by atoms with E-state index in [1.165, 1.54) is 17.4 Å². The van der Waals surface area contributed by atoms with E-state index in [-0.39, 0.29) is 11.7 Å². The van der Waals surface area contributed by atoms with Crippen LogP contribution in [-0.4, -0.2) is 26.3 Å². The van der Waals surface area contributed by atoms with E-state index in [4.69, 9.17) is 11.6 Å². The fourth-order valence-electron chi connectivity index (χ4n) is 1.76. The normalized spacial score (nSPS) is 13.6. The highest BCUT2D eigenvalue weighted by Gasteiger charge is 2.11. The van der Waals surface area contributed by atoms with Crippen LogP contribution in [0.2, 0.25) is 0 Å². The van der Waals surface area contributed by atoms with Crippen molar-refractivity contribution in [1.82, 2.24) is 0 Å². The summed E-state index contributed by atoms with van der Waals surface area (Å²) in [5.74, 6) is 1.03. The summed E-state index contributed by atoms with van der Waals surface area (Å²) in [5, 5.41) is 0. The molecule has 0 spiro atoms. The minimum Gasteiger partial charge on any atom is -0.229 e. The molecule has 17 heavy (non-hydrogen) atoms. The maximum Gasteiger partial charge on any atom is 0.147 e. The van der Waals surface area contributed by atoms with Crippen LogP contribution in [-0.2, 0) is 9.84 Å². The fourth-order valence-corrected chi connectivity index (χ4v) is 2.79. The molecule has 0 aliphatic carbocycles. The van der Waals surface area contributed by atoms with Crippen LogP contribution in [0.3, 0.4) is 0 Å². The van der Waals surface area contributed by atoms with E-state index >= 15 is 0 Å². The van der Waals surface area contributed by atoms with E-state index < -0.39 is 9.84 Å². The molecule has 1 aromatic rings. The van der Waals surface area contributed by atoms with Gasteiger partial charge in [0.2, 0.25) is 0 Å². The van der Waals surface area contributed by atoms with E-state index in [0.29, 0.717) is 12.3 Å². The Balaban J connectivity index is 2.57. The van der Waals surface area contributed by atoms with Crippen LogP contribution in [0.25, 0.3) is 0 Å². The van der Waals surface area contributed by atoms with Gasteiger partial charge in [0.1, 0.15) is 9.84 Å². The molecule has 0 amide bonds. The molecule has 1 rings (SSSR count). The first kappa shape index (κ1) is 14.5. The third-order valence-corrected chi connectivity index (χ3v) is 4.21. The molecule has 0 radical (unpaired) electrons. The Hall–Kier alpha value is -0.540. The third-order valence-electron chi connectivity index (χ3n) is 2.80. The Kier molecular flexibility index (Phi) is 5.47. The van der Waals surface area contributed by atoms with E-state index in [0.717, 1.165) is 6.42 Å². The van der Waals surface area contributed by atoms with Crippen LogP contribution in [0.4, 0.5) is 0 Å². The summed E-state index contributed by atoms with van der Waals surface area (Å²) >= 11 is 5.94. The second kappa shape index (κ2) is 6.41. The predicted octanol–water partition coefficient (Wildman–Crippen LogP) is 3.14. The molecule has 0 aliphatic heterocycles. The van der Waals surface area contributed by atoms with Gasteiger partial charge in [-0.3, -0.25) is 0 Å². The number of hydrogen-bond donors (Lipinski definition) is 0. The van der Waals surface area contributed by atoms with Crippen molar-refractivity contribution >= 4 is 21.4 Å². The molecule has 2 nitrogen and oxygen atoms in total. The second-order valence-corrected chi connectivity index (χ2v) is 7.10. The third kappa shape index (κ3) is 5.55. The number of rotatable bonds is 6. The molecular formula is C13H19ClO2S. The minimum atomic E-state index is -2.86. The zero-order valence-electron chi connectivity index (χ0n) is 10.3. The quantitative estimate of drug-likeness (QED) is 0.747. The van der Waals surface area contributed by atoms with Crippen molar-refractivity contribution in [3.63, 3.8) is 0 Å². The topological polar surface area (TPSA) is 34.1 Å². The summed E-state index contributed by atoms with van der Waals surface area (Å²) < 4.78 is 22.1. The summed E-state index contributed by atoms with van der Waals surface area (Å²) in [6, 6.07) is 8.27. The van der Waals surface area contributed by atoms with Gasteiger partial charge in [-0.05, 0) is 31.2 Å². The lowest BCUT2D eigenvalue weighted by molar-refractivity contribution is 0.592. The molecule has 0 heterocycles. The molecule has 4 heteroatoms. The number of sulfone groups is 1. The van der Waals surface area contributed by atoms with Crippen LogP contribution >= 0.6 is 11.6 Å². The maximum atomic E-state index is 11.0. The van der Waals surface area contributed by atoms with Crippen molar-refractivity contribution in [3.8, 4) is 0 Å². The van der Waals surface area contributed by atoms with Gasteiger partial charge in [0.05, 0.1) is 0 Å². The molecule has 0 bridgehead atoms. The van der Waals surface area contributed by atoms with Gasteiger partial charge in [-0.2, -0.15) is 0 Å². The summed E-state index contributed by atoms with van der Waals surface area (Å²) in [6.45, 7) is 2.04. The summed E-state index contributed by atoms with van der Waals surface area (Å²) in [4.78, 5) is 0. The monoisotopic (exact) mass is 274 g/mol. The van der Waals surface area contributed by atoms with Crippen molar-refractivity contribution in [2.75, 3.05) is 17.9 Å². The van der Waals surface area contributed by atoms with Gasteiger partial charge in [-0.1, -0.05) is 29.8 Å². The van der Waals surface area contributed by atoms with Gasteiger partial charge in [-0.15, -0.1) is 11.6 Å². The molecule has 0 fully saturated rings. The molecule has 96 valence electrons. The molecule has 1 aromatic carbocycles. The first-order valence-electron chi connectivity index (χ1n) is 5.72. The maximum absolute atomic E-state index is 11.0. The average molecular weight is 275 g/mol. The number of hydrogen-bond acceptors (Lipinski definition) is 2. The highest BCUT2D eigenvalue weighted by molar-refractivity contribution is 7.90. The van der Waals surface area contributed by atoms with Crippen LogP contribution in [0.5, 0.6) is 0 Å². The molecule has 0 saturated heterocycles. The van der Waals surface area contributed by atoms with E-state index in [9.17, 15) is 8.42 Å². The summed E-state index contributed by atoms with van der Waals surface area (Å²) in [7, 11) is -2.86. The number of halogens is 1. The lowest BCUT2D eigenvalue weighted by atomic mass is 9.96. The van der Waals surface area contributed by atoms with E-state index in [2.05, 4.69) is 24.3 Å². The van der Waals surface area contributed by atoms with E-state index in [1.54, 1.807) is 0 Å². The Bertz CT molecular complexity index is 437. The van der Waals surface area contributed by atoms with Gasteiger partial charge in [0.15, 0.2) is 0 Å². The minimum absolute atomic E-state index is 0.242. The standard InChI is InChI=1S/C13H19ClO2S/c1-11-5-7-12(8-6-11)13(10-14)4-3-9-17(2,15)16/h5-8,13H,3-4,9-10H2,1-2H3. The average Bonchev–Trinajstić information content (AvgIpc) is 2.24. The fraction of sp³-hybridized carbons (Fsp3) is 0.538. The van der Waals surface area contributed by atoms with Crippen molar-refractivity contribution < 1.29 is 8.42 Å². The smallest absolute Gasteiger partial charge is 0.147 e. The highest BCUT2D eigenvalue weighted by Crippen LogP contribution is 2.23. The van der Waals surface area contributed by atoms with Crippen molar-refractivity contribution in [2.24, 2.45) is 0 Å². The Labute approximate surface area is 109 Å². The van der Waals surface area contributed by atoms with Crippen LogP contribution < -0.4 is 0 Å². The van der Waals surface area contributed by atoms with Crippen molar-refractivity contribution in [3.05, 3.63) is 35.4 Å². The van der Waals surface area contributed by atoms with Crippen LogP contribution in [0.15, 0.2) is 24.3 Å². The lowest BCUT2D eigenvalue weighted by Crippen LogP contribution is -2.07. The molecule has 0 N–H and O–H groups in total. The predicted molar refractivity (Wildman–Crippen MR) is 73.6 cm³/mol. The molecule has 1 atom stereocenters. The van der Waals surface area contributed by atoms with Crippen LogP contribution in [0, 0.1) is 6.92 Å². The summed E-state index contributed by atoms with van der Waals surface area (Å²) in [6.07, 6.45) is 2.76. The lowest BCUT2D eigenvalue weighted by Gasteiger charge is -2.14. The molecular weight excluding hydrogens is 256 g/mol. The van der Waals surface area contributed by atoms with Crippen molar-refractivity contribution in [2.45, 2.75) is 25.7 Å². The second-order valence-electron chi connectivity index (χ2n) is 4.53. The van der Waals surface area contributed by atoms with Gasteiger partial charge >= 0.3 is 0 Å². The van der Waals surface area contributed by atoms with Gasteiger partial charge in [0.25, 0.3) is 0 Å². The van der Waals surface area contributed by atoms with Gasteiger partial charge in [-0.25, -0.2) is 8.42 Å². The first-order chi connectivity index (χ1) is 7.92. The zero-order chi connectivity index (χ0) is 12.9.